The van der Waals surface area contributed by atoms with Crippen LogP contribution in [0.15, 0.2) is 54.9 Å². The molecule has 0 bridgehead atoms. The standard InChI is InChI=1S/C54H62FN9O8S.3H2S/c1-27(2)46(60-53(67)69-5)50(65)62-16-8-11-39(62)49-57-26-37(59-49)32-21-35(55)45-41-22-33-20-30(14-15-38(33)64(41)52(72-42(45)23-32)44-24-31-10-7-13-43(31)73-44)36-25-56-48(58-36)40-12-9-17-63(40)51(66)47(61-54(68)70-6)34-18-28(3)71-29(4)19-34;;;/h14-15,20-29,34,39-40,46-47,52H,7-13,16-19H2,1-6H3,(H,56,58)(H,57,59)(H,60,67)(H,61,68);3*1H2/t28-,29+,34?,39-,40-,46-,47?,52?;;;/m0.../s1. The van der Waals surface area contributed by atoms with Gasteiger partial charge in [-0.05, 0) is 125 Å². The molecular formula is C54H68FN9O8S4. The topological polar surface area (TPSA) is 198 Å². The van der Waals surface area contributed by atoms with Crippen molar-refractivity contribution in [2.24, 2.45) is 11.8 Å². The average molecular weight is 1120 g/mol. The highest BCUT2D eigenvalue weighted by molar-refractivity contribution is 7.59. The Morgan fingerprint density at radius 1 is 0.789 bits per heavy atom. The predicted octanol–water partition coefficient (Wildman–Crippen LogP) is 9.69. The molecule has 1 aliphatic carbocycles. The van der Waals surface area contributed by atoms with Crippen molar-refractivity contribution in [2.75, 3.05) is 27.3 Å². The normalized spacial score (nSPS) is 22.3. The number of imidazole rings is 2. The van der Waals surface area contributed by atoms with E-state index in [9.17, 15) is 19.2 Å². The largest absolute Gasteiger partial charge is 0.464 e. The highest BCUT2D eigenvalue weighted by Gasteiger charge is 2.43. The second kappa shape index (κ2) is 23.1. The lowest BCUT2D eigenvalue weighted by Gasteiger charge is -2.38. The van der Waals surface area contributed by atoms with Crippen LogP contribution in [0.2, 0.25) is 0 Å². The third kappa shape index (κ3) is 10.5. The molecule has 4 amide bonds. The van der Waals surface area contributed by atoms with Crippen LogP contribution in [0.5, 0.6) is 5.75 Å². The van der Waals surface area contributed by atoms with Gasteiger partial charge in [-0.15, -0.1) is 11.3 Å². The average Bonchev–Trinajstić information content (AvgIpc) is 4.23. The molecular weight excluding hydrogens is 1050 g/mol. The first-order valence-corrected chi connectivity index (χ1v) is 26.4. The van der Waals surface area contributed by atoms with E-state index in [-0.39, 0.29) is 88.4 Å². The number of aryl methyl sites for hydroxylation is 2. The first-order chi connectivity index (χ1) is 35.3. The molecule has 4 N–H and O–H groups in total. The molecule has 8 heterocycles. The number of carbonyl (C=O) groups excluding carboxylic acids is 4. The van der Waals surface area contributed by atoms with Crippen LogP contribution >= 0.6 is 51.8 Å². The lowest BCUT2D eigenvalue weighted by atomic mass is 9.85. The number of ether oxygens (including phenoxy) is 4. The van der Waals surface area contributed by atoms with Crippen LogP contribution in [0, 0.1) is 17.7 Å². The fourth-order valence-corrected chi connectivity index (χ4v) is 13.3. The van der Waals surface area contributed by atoms with E-state index >= 15 is 4.39 Å². The molecule has 3 fully saturated rings. The summed E-state index contributed by atoms with van der Waals surface area (Å²) < 4.78 is 41.8. The van der Waals surface area contributed by atoms with Gasteiger partial charge in [0, 0.05) is 34.5 Å². The molecule has 0 spiro atoms. The second-order valence-corrected chi connectivity index (χ2v) is 21.8. The number of fused-ring (bicyclic) bond motifs is 6. The number of rotatable bonds is 11. The number of H-pyrrole nitrogens is 2. The van der Waals surface area contributed by atoms with Gasteiger partial charge in [-0.3, -0.25) is 14.2 Å². The van der Waals surface area contributed by atoms with Crippen LogP contribution in [-0.4, -0.2) is 110 Å². The van der Waals surface area contributed by atoms with Crippen LogP contribution in [0.3, 0.4) is 0 Å². The number of hydrogen-bond donors (Lipinski definition) is 4. The Kier molecular flexibility index (Phi) is 17.2. The number of nitrogens with one attached hydrogen (secondary N) is 4. The second-order valence-electron chi connectivity index (χ2n) is 20.6. The first kappa shape index (κ1) is 56.5. The number of aromatic nitrogens is 5. The van der Waals surface area contributed by atoms with E-state index in [0.717, 1.165) is 59.1 Å². The van der Waals surface area contributed by atoms with Gasteiger partial charge in [-0.1, -0.05) is 19.9 Å². The minimum absolute atomic E-state index is 0. The molecule has 0 radical (unpaired) electrons. The van der Waals surface area contributed by atoms with Crippen molar-refractivity contribution in [1.29, 1.82) is 0 Å². The van der Waals surface area contributed by atoms with Gasteiger partial charge in [0.2, 0.25) is 18.0 Å². The molecule has 4 aromatic heterocycles. The van der Waals surface area contributed by atoms with Crippen LogP contribution in [-0.2, 0) is 36.6 Å². The smallest absolute Gasteiger partial charge is 0.407 e. The van der Waals surface area contributed by atoms with Crippen LogP contribution in [0.1, 0.15) is 118 Å². The summed E-state index contributed by atoms with van der Waals surface area (Å²) in [6.07, 6.45) is 8.88. The van der Waals surface area contributed by atoms with Crippen molar-refractivity contribution >= 4 is 86.7 Å². The molecule has 17 nitrogen and oxygen atoms in total. The van der Waals surface area contributed by atoms with E-state index < -0.39 is 36.3 Å². The van der Waals surface area contributed by atoms with Gasteiger partial charge < -0.3 is 49.3 Å². The number of benzene rings is 2. The number of amides is 4. The van der Waals surface area contributed by atoms with Crippen molar-refractivity contribution in [3.63, 3.8) is 0 Å². The number of methoxy groups -OCH3 is 2. The maximum atomic E-state index is 17.0. The Morgan fingerprint density at radius 3 is 2.05 bits per heavy atom. The van der Waals surface area contributed by atoms with Crippen molar-refractivity contribution in [3.8, 4) is 39.5 Å². The molecule has 6 aromatic rings. The summed E-state index contributed by atoms with van der Waals surface area (Å²) in [5.74, 6) is 0.541. The molecule has 76 heavy (non-hydrogen) atoms. The minimum atomic E-state index is -0.770. The summed E-state index contributed by atoms with van der Waals surface area (Å²) in [5.41, 5.74) is 6.05. The maximum absolute atomic E-state index is 17.0. The summed E-state index contributed by atoms with van der Waals surface area (Å²) in [4.78, 5) is 75.6. The van der Waals surface area contributed by atoms with Gasteiger partial charge >= 0.3 is 12.2 Å². The highest BCUT2D eigenvalue weighted by Crippen LogP contribution is 2.49. The fourth-order valence-electron chi connectivity index (χ4n) is 12.0. The van der Waals surface area contributed by atoms with E-state index in [1.54, 1.807) is 28.6 Å². The third-order valence-corrected chi connectivity index (χ3v) is 16.7. The fraction of sp³-hybridized carbons (Fsp3) is 0.481. The zero-order valence-corrected chi connectivity index (χ0v) is 47.3. The third-order valence-electron chi connectivity index (χ3n) is 15.5. The van der Waals surface area contributed by atoms with Gasteiger partial charge in [0.1, 0.15) is 35.3 Å². The summed E-state index contributed by atoms with van der Waals surface area (Å²) in [7, 11) is 2.58. The number of carbonyl (C=O) groups is 4. The predicted molar refractivity (Wildman–Crippen MR) is 302 cm³/mol. The summed E-state index contributed by atoms with van der Waals surface area (Å²) in [6, 6.07) is 11.6. The Bertz CT molecular complexity index is 3090. The monoisotopic (exact) mass is 1120 g/mol. The number of halogens is 1. The Balaban J connectivity index is 0.00000255. The maximum Gasteiger partial charge on any atom is 0.407 e. The lowest BCUT2D eigenvalue weighted by Crippen LogP contribution is -2.54. The van der Waals surface area contributed by atoms with Crippen LogP contribution in [0.4, 0.5) is 14.0 Å². The van der Waals surface area contributed by atoms with Gasteiger partial charge in [0.25, 0.3) is 0 Å². The summed E-state index contributed by atoms with van der Waals surface area (Å²) in [5, 5.41) is 6.45. The van der Waals surface area contributed by atoms with Crippen LogP contribution in [0.25, 0.3) is 44.7 Å². The molecule has 3 unspecified atom stereocenters. The van der Waals surface area contributed by atoms with Gasteiger partial charge in [0.15, 0.2) is 0 Å². The SMILES string of the molecule is COC(=O)NC(C(=O)N1CCC[C@H]1c1ncc(-c2ccc3c(c2)cc2n3C(c3cc4c(s3)CCC4)Oc3cc(-c4cnc([C@@H]5CCCN5C(=O)[C@@H](NC(=O)OC)C(C)C)[nH]4)cc(F)c3-2)[nH]1)C1C[C@@H](C)O[C@@H](C)C1.S.S.S. The summed E-state index contributed by atoms with van der Waals surface area (Å²) >= 11 is 1.75. The number of hydrogen-bond acceptors (Lipinski definition) is 11. The van der Waals surface area contributed by atoms with Crippen molar-refractivity contribution < 1.29 is 42.5 Å². The Labute approximate surface area is 466 Å². The zero-order valence-electron chi connectivity index (χ0n) is 43.5. The van der Waals surface area contributed by atoms with Gasteiger partial charge in [-0.25, -0.2) is 23.9 Å². The van der Waals surface area contributed by atoms with E-state index in [2.05, 4.69) is 37.3 Å². The van der Waals surface area contributed by atoms with E-state index in [1.807, 2.05) is 56.9 Å². The van der Waals surface area contributed by atoms with Crippen molar-refractivity contribution in [3.05, 3.63) is 87.6 Å². The van der Waals surface area contributed by atoms with Crippen molar-refractivity contribution in [2.45, 2.75) is 128 Å². The number of likely N-dealkylation sites (tertiary alicyclic amines) is 2. The molecule has 2 aromatic carbocycles. The summed E-state index contributed by atoms with van der Waals surface area (Å²) in [6.45, 7) is 8.79. The molecule has 3 saturated heterocycles. The Hall–Kier alpha value is -5.68. The number of alkyl carbamates (subject to hydrolysis) is 2. The first-order valence-electron chi connectivity index (χ1n) is 25.6. The molecule has 11 rings (SSSR count). The number of thiophene rings is 1. The van der Waals surface area contributed by atoms with Crippen molar-refractivity contribution in [1.82, 2.24) is 44.9 Å². The zero-order chi connectivity index (χ0) is 50.8. The quantitative estimate of drug-likeness (QED) is 0.0969. The molecule has 22 heteroatoms. The molecule has 4 aliphatic heterocycles. The number of nitrogens with zero attached hydrogens (tertiary/aromatic N) is 5. The van der Waals surface area contributed by atoms with Gasteiger partial charge in [-0.2, -0.15) is 40.5 Å². The Morgan fingerprint density at radius 2 is 1.42 bits per heavy atom. The molecule has 0 saturated carbocycles. The van der Waals surface area contributed by atoms with E-state index in [0.29, 0.717) is 78.7 Å². The highest BCUT2D eigenvalue weighted by atomic mass is 32.1. The van der Waals surface area contributed by atoms with Crippen LogP contribution < -0.4 is 15.4 Å². The van der Waals surface area contributed by atoms with E-state index in [1.165, 1.54) is 30.7 Å². The lowest BCUT2D eigenvalue weighted by molar-refractivity contribution is -0.138. The minimum Gasteiger partial charge on any atom is -0.464 e. The van der Waals surface area contributed by atoms with Gasteiger partial charge in [0.05, 0.1) is 83.9 Å². The number of aromatic amines is 2. The molecule has 408 valence electrons. The molecule has 5 aliphatic rings. The molecule has 8 atom stereocenters. The van der Waals surface area contributed by atoms with E-state index in [4.69, 9.17) is 28.9 Å².